The lowest BCUT2D eigenvalue weighted by atomic mass is 9.84. The molecule has 1 saturated carbocycles. The van der Waals surface area contributed by atoms with Crippen LogP contribution in [0, 0.1) is 0 Å². The summed E-state index contributed by atoms with van der Waals surface area (Å²) in [5.41, 5.74) is 1.46. The molecular formula is C19H26N2O2S. The molecule has 1 atom stereocenters. The zero-order valence-electron chi connectivity index (χ0n) is 14.4. The quantitative estimate of drug-likeness (QED) is 0.775. The van der Waals surface area contributed by atoms with E-state index in [0.717, 1.165) is 36.6 Å². The van der Waals surface area contributed by atoms with Gasteiger partial charge >= 0.3 is 0 Å². The van der Waals surface area contributed by atoms with E-state index in [2.05, 4.69) is 9.97 Å². The first kappa shape index (κ1) is 16.3. The number of methoxy groups -OCH3 is 1. The van der Waals surface area contributed by atoms with Gasteiger partial charge in [-0.25, -0.2) is 9.97 Å². The third-order valence-corrected chi connectivity index (χ3v) is 6.61. The lowest BCUT2D eigenvalue weighted by Crippen LogP contribution is -2.20. The van der Waals surface area contributed by atoms with Crippen LogP contribution in [0.5, 0.6) is 5.88 Å². The first-order valence-corrected chi connectivity index (χ1v) is 10.1. The molecule has 0 N–H and O–H groups in total. The van der Waals surface area contributed by atoms with Crippen molar-refractivity contribution in [2.75, 3.05) is 13.7 Å². The summed E-state index contributed by atoms with van der Waals surface area (Å²) in [6.45, 7) is 0.813. The van der Waals surface area contributed by atoms with Gasteiger partial charge < -0.3 is 9.47 Å². The molecule has 4 nitrogen and oxygen atoms in total. The Balaban J connectivity index is 1.70. The Hall–Kier alpha value is -1.20. The summed E-state index contributed by atoms with van der Waals surface area (Å²) >= 11 is 1.84. The molecule has 0 bridgehead atoms. The molecule has 2 aromatic heterocycles. The van der Waals surface area contributed by atoms with Crippen LogP contribution in [0.1, 0.15) is 67.7 Å². The lowest BCUT2D eigenvalue weighted by Gasteiger charge is -2.25. The number of fused-ring (bicyclic) bond motifs is 3. The number of ether oxygens (including phenoxy) is 2. The SMILES string of the molecule is COCCC1CCCc2sc3ncnc(OC4CCCCC4)c3c21. The molecule has 5 heteroatoms. The van der Waals surface area contributed by atoms with E-state index in [4.69, 9.17) is 9.47 Å². The normalized spacial score (nSPS) is 21.8. The summed E-state index contributed by atoms with van der Waals surface area (Å²) in [5, 5.41) is 1.20. The molecule has 0 aromatic carbocycles. The fraction of sp³-hybridized carbons (Fsp3) is 0.684. The van der Waals surface area contributed by atoms with Gasteiger partial charge in [-0.3, -0.25) is 0 Å². The smallest absolute Gasteiger partial charge is 0.225 e. The van der Waals surface area contributed by atoms with Gasteiger partial charge in [0.05, 0.1) is 5.39 Å². The third-order valence-electron chi connectivity index (χ3n) is 5.43. The summed E-state index contributed by atoms with van der Waals surface area (Å²) in [6.07, 6.45) is 13.0. The highest BCUT2D eigenvalue weighted by Gasteiger charge is 2.28. The largest absolute Gasteiger partial charge is 0.474 e. The van der Waals surface area contributed by atoms with Crippen LogP contribution in [0.4, 0.5) is 0 Å². The fourth-order valence-electron chi connectivity index (χ4n) is 4.22. The number of hydrogen-bond donors (Lipinski definition) is 0. The van der Waals surface area contributed by atoms with Crippen molar-refractivity contribution in [3.8, 4) is 5.88 Å². The van der Waals surface area contributed by atoms with Crippen LogP contribution in [0.25, 0.3) is 10.2 Å². The van der Waals surface area contributed by atoms with E-state index < -0.39 is 0 Å². The van der Waals surface area contributed by atoms with Crippen LogP contribution in [-0.2, 0) is 11.2 Å². The minimum atomic E-state index is 0.327. The molecule has 2 aromatic rings. The van der Waals surface area contributed by atoms with Gasteiger partial charge in [0.2, 0.25) is 5.88 Å². The maximum atomic E-state index is 6.37. The second-order valence-electron chi connectivity index (χ2n) is 7.05. The maximum Gasteiger partial charge on any atom is 0.225 e. The summed E-state index contributed by atoms with van der Waals surface area (Å²) in [6, 6.07) is 0. The Kier molecular flexibility index (Phi) is 4.99. The van der Waals surface area contributed by atoms with E-state index in [9.17, 15) is 0 Å². The Morgan fingerprint density at radius 2 is 2.00 bits per heavy atom. The number of nitrogens with zero attached hydrogens (tertiary/aromatic N) is 2. The topological polar surface area (TPSA) is 44.2 Å². The van der Waals surface area contributed by atoms with Crippen molar-refractivity contribution >= 4 is 21.6 Å². The van der Waals surface area contributed by atoms with Crippen molar-refractivity contribution in [3.05, 3.63) is 16.8 Å². The second kappa shape index (κ2) is 7.36. The number of thiophene rings is 1. The van der Waals surface area contributed by atoms with Crippen LogP contribution in [0.15, 0.2) is 6.33 Å². The zero-order chi connectivity index (χ0) is 16.4. The average Bonchev–Trinajstić information content (AvgIpc) is 3.01. The van der Waals surface area contributed by atoms with Gasteiger partial charge in [-0.05, 0) is 62.8 Å². The predicted molar refractivity (Wildman–Crippen MR) is 97.1 cm³/mol. The molecule has 1 fully saturated rings. The summed E-state index contributed by atoms with van der Waals surface area (Å²) in [4.78, 5) is 11.7. The number of aryl methyl sites for hydroxylation is 1. The van der Waals surface area contributed by atoms with Crippen molar-refractivity contribution in [2.45, 2.75) is 69.8 Å². The molecule has 0 saturated heterocycles. The van der Waals surface area contributed by atoms with E-state index in [1.807, 2.05) is 11.3 Å². The Morgan fingerprint density at radius 3 is 2.83 bits per heavy atom. The van der Waals surface area contributed by atoms with Crippen molar-refractivity contribution in [3.63, 3.8) is 0 Å². The number of rotatable bonds is 5. The lowest BCUT2D eigenvalue weighted by molar-refractivity contribution is 0.150. The second-order valence-corrected chi connectivity index (χ2v) is 8.13. The van der Waals surface area contributed by atoms with Crippen LogP contribution >= 0.6 is 11.3 Å². The number of aromatic nitrogens is 2. The summed E-state index contributed by atoms with van der Waals surface area (Å²) in [5.74, 6) is 1.39. The summed E-state index contributed by atoms with van der Waals surface area (Å²) in [7, 11) is 1.79. The van der Waals surface area contributed by atoms with Crippen molar-refractivity contribution < 1.29 is 9.47 Å². The third kappa shape index (κ3) is 3.16. The van der Waals surface area contributed by atoms with Gasteiger partial charge in [0.1, 0.15) is 17.3 Å². The Labute approximate surface area is 147 Å². The molecule has 24 heavy (non-hydrogen) atoms. The van der Waals surface area contributed by atoms with Crippen molar-refractivity contribution in [1.29, 1.82) is 0 Å². The minimum Gasteiger partial charge on any atom is -0.474 e. The molecule has 2 aliphatic rings. The highest BCUT2D eigenvalue weighted by molar-refractivity contribution is 7.18. The molecule has 4 rings (SSSR count). The molecule has 1 unspecified atom stereocenters. The van der Waals surface area contributed by atoms with Crippen LogP contribution in [-0.4, -0.2) is 29.8 Å². The van der Waals surface area contributed by atoms with Gasteiger partial charge in [-0.2, -0.15) is 0 Å². The highest BCUT2D eigenvalue weighted by atomic mass is 32.1. The standard InChI is InChI=1S/C19H26N2O2S/c1-22-11-10-13-6-5-9-15-16(13)17-18(20-12-21-19(17)24-15)23-14-7-3-2-4-8-14/h12-14H,2-11H2,1H3. The number of hydrogen-bond acceptors (Lipinski definition) is 5. The molecule has 0 aliphatic heterocycles. The van der Waals surface area contributed by atoms with E-state index in [0.29, 0.717) is 12.0 Å². The van der Waals surface area contributed by atoms with Crippen LogP contribution in [0.2, 0.25) is 0 Å². The minimum absolute atomic E-state index is 0.327. The Bertz CT molecular complexity index is 694. The van der Waals surface area contributed by atoms with Gasteiger partial charge in [0.25, 0.3) is 0 Å². The van der Waals surface area contributed by atoms with E-state index in [-0.39, 0.29) is 0 Å². The molecule has 0 amide bonds. The van der Waals surface area contributed by atoms with E-state index >= 15 is 0 Å². The van der Waals surface area contributed by atoms with Gasteiger partial charge in [-0.15, -0.1) is 11.3 Å². The van der Waals surface area contributed by atoms with Gasteiger partial charge in [0.15, 0.2) is 0 Å². The van der Waals surface area contributed by atoms with Crippen LogP contribution < -0.4 is 4.74 Å². The molecule has 0 spiro atoms. The maximum absolute atomic E-state index is 6.37. The summed E-state index contributed by atoms with van der Waals surface area (Å²) < 4.78 is 11.7. The molecule has 130 valence electrons. The molecular weight excluding hydrogens is 320 g/mol. The first-order chi connectivity index (χ1) is 11.9. The Morgan fingerprint density at radius 1 is 1.12 bits per heavy atom. The predicted octanol–water partition coefficient (Wildman–Crippen LogP) is 4.86. The highest BCUT2D eigenvalue weighted by Crippen LogP contribution is 2.46. The molecule has 2 heterocycles. The average molecular weight is 346 g/mol. The van der Waals surface area contributed by atoms with E-state index in [1.54, 1.807) is 13.4 Å². The van der Waals surface area contributed by atoms with Crippen molar-refractivity contribution in [2.24, 2.45) is 0 Å². The van der Waals surface area contributed by atoms with E-state index in [1.165, 1.54) is 54.4 Å². The molecule has 0 radical (unpaired) electrons. The first-order valence-electron chi connectivity index (χ1n) is 9.28. The van der Waals surface area contributed by atoms with Gasteiger partial charge in [0, 0.05) is 18.6 Å². The van der Waals surface area contributed by atoms with Crippen LogP contribution in [0.3, 0.4) is 0 Å². The monoisotopic (exact) mass is 346 g/mol. The fourth-order valence-corrected chi connectivity index (χ4v) is 5.48. The molecule has 2 aliphatic carbocycles. The van der Waals surface area contributed by atoms with Crippen molar-refractivity contribution in [1.82, 2.24) is 9.97 Å². The van der Waals surface area contributed by atoms with Gasteiger partial charge in [-0.1, -0.05) is 6.42 Å². The zero-order valence-corrected chi connectivity index (χ0v) is 15.2.